The Morgan fingerprint density at radius 1 is 1.47 bits per heavy atom. The highest BCUT2D eigenvalue weighted by Gasteiger charge is 2.27. The fraction of sp³-hybridized carbons (Fsp3) is 0.308. The molecule has 100 valence electrons. The number of carbonyl (C=O) groups is 2. The van der Waals surface area contributed by atoms with Gasteiger partial charge < -0.3 is 10.4 Å². The van der Waals surface area contributed by atoms with Gasteiger partial charge in [-0.2, -0.15) is 5.26 Å². The molecule has 5 nitrogen and oxygen atoms in total. The topological polar surface area (TPSA) is 90.2 Å². The number of nitrogens with one attached hydrogen (secondary N) is 1. The first-order valence-corrected chi connectivity index (χ1v) is 6.00. The molecule has 0 spiro atoms. The molecule has 0 fully saturated rings. The minimum Gasteiger partial charge on any atom is -0.480 e. The molecule has 1 rings (SSSR count). The highest BCUT2D eigenvalue weighted by Crippen LogP contribution is 2.16. The summed E-state index contributed by atoms with van der Waals surface area (Å²) >= 11 is 5.86. The van der Waals surface area contributed by atoms with Crippen LogP contribution in [0, 0.1) is 17.2 Å². The fourth-order valence-corrected chi connectivity index (χ4v) is 1.80. The standard InChI is InChI=1S/C13H13ClN2O3/c1-8(6-7-15)11(13(18)19)16-12(17)9-4-2-3-5-10(9)14/h2-5,8,11H,6H2,1H3,(H,16,17)(H,18,19)/t8-,11+/m1/s1. The Balaban J connectivity index is 2.87. The number of nitrogens with zero attached hydrogens (tertiary/aromatic N) is 1. The van der Waals surface area contributed by atoms with Gasteiger partial charge >= 0.3 is 5.97 Å². The van der Waals surface area contributed by atoms with Crippen LogP contribution in [-0.4, -0.2) is 23.0 Å². The minimum absolute atomic E-state index is 0.0414. The molecule has 1 amide bonds. The number of amides is 1. The summed E-state index contributed by atoms with van der Waals surface area (Å²) in [5.41, 5.74) is 0.208. The smallest absolute Gasteiger partial charge is 0.326 e. The third-order valence-corrected chi connectivity index (χ3v) is 2.98. The van der Waals surface area contributed by atoms with Gasteiger partial charge in [0.1, 0.15) is 6.04 Å². The molecule has 0 heterocycles. The van der Waals surface area contributed by atoms with Gasteiger partial charge in [0, 0.05) is 12.3 Å². The Bertz CT molecular complexity index is 525. The average molecular weight is 281 g/mol. The Morgan fingerprint density at radius 2 is 2.11 bits per heavy atom. The second kappa shape index (κ2) is 6.76. The van der Waals surface area contributed by atoms with Gasteiger partial charge in [-0.3, -0.25) is 4.79 Å². The van der Waals surface area contributed by atoms with Crippen LogP contribution in [0.25, 0.3) is 0 Å². The summed E-state index contributed by atoms with van der Waals surface area (Å²) < 4.78 is 0. The van der Waals surface area contributed by atoms with Gasteiger partial charge in [0.25, 0.3) is 5.91 Å². The van der Waals surface area contributed by atoms with Crippen molar-refractivity contribution in [3.63, 3.8) is 0 Å². The van der Waals surface area contributed by atoms with E-state index in [4.69, 9.17) is 22.0 Å². The third kappa shape index (κ3) is 3.97. The van der Waals surface area contributed by atoms with E-state index >= 15 is 0 Å². The van der Waals surface area contributed by atoms with Crippen LogP contribution in [0.3, 0.4) is 0 Å². The maximum Gasteiger partial charge on any atom is 0.326 e. The van der Waals surface area contributed by atoms with Gasteiger partial charge in [0.05, 0.1) is 16.7 Å². The van der Waals surface area contributed by atoms with Crippen LogP contribution in [0.5, 0.6) is 0 Å². The molecule has 0 saturated carbocycles. The van der Waals surface area contributed by atoms with Crippen molar-refractivity contribution in [2.75, 3.05) is 0 Å². The highest BCUT2D eigenvalue weighted by molar-refractivity contribution is 6.33. The van der Waals surface area contributed by atoms with Crippen LogP contribution >= 0.6 is 11.6 Å². The predicted molar refractivity (Wildman–Crippen MR) is 69.7 cm³/mol. The number of halogens is 1. The van der Waals surface area contributed by atoms with E-state index in [1.807, 2.05) is 6.07 Å². The fourth-order valence-electron chi connectivity index (χ4n) is 1.57. The number of carboxylic acids is 1. The maximum atomic E-state index is 11.9. The lowest BCUT2D eigenvalue weighted by molar-refractivity contribution is -0.140. The monoisotopic (exact) mass is 280 g/mol. The van der Waals surface area contributed by atoms with Gasteiger partial charge in [0.2, 0.25) is 0 Å². The first kappa shape index (κ1) is 15.0. The van der Waals surface area contributed by atoms with E-state index in [1.54, 1.807) is 25.1 Å². The summed E-state index contributed by atoms with van der Waals surface area (Å²) in [4.78, 5) is 23.1. The van der Waals surface area contributed by atoms with Crippen molar-refractivity contribution in [1.82, 2.24) is 5.32 Å². The van der Waals surface area contributed by atoms with E-state index in [0.717, 1.165) is 0 Å². The second-order valence-electron chi connectivity index (χ2n) is 4.11. The van der Waals surface area contributed by atoms with Gasteiger partial charge in [-0.25, -0.2) is 4.79 Å². The molecule has 2 N–H and O–H groups in total. The molecule has 1 aromatic carbocycles. The molecule has 2 atom stereocenters. The van der Waals surface area contributed by atoms with Crippen molar-refractivity contribution in [3.8, 4) is 6.07 Å². The van der Waals surface area contributed by atoms with E-state index in [1.165, 1.54) is 6.07 Å². The summed E-state index contributed by atoms with van der Waals surface area (Å²) in [6.07, 6.45) is 0.0414. The molecule has 0 aliphatic rings. The summed E-state index contributed by atoms with van der Waals surface area (Å²) in [6.45, 7) is 1.59. The maximum absolute atomic E-state index is 11.9. The predicted octanol–water partition coefficient (Wildman–Crippen LogP) is 2.07. The Kier molecular flexibility index (Phi) is 5.34. The quantitative estimate of drug-likeness (QED) is 0.864. The molecule has 0 aliphatic carbocycles. The zero-order valence-corrected chi connectivity index (χ0v) is 11.0. The number of aliphatic carboxylic acids is 1. The Labute approximate surface area is 115 Å². The van der Waals surface area contributed by atoms with Gasteiger partial charge in [0.15, 0.2) is 0 Å². The van der Waals surface area contributed by atoms with E-state index in [0.29, 0.717) is 0 Å². The Hall–Kier alpha value is -2.06. The lowest BCUT2D eigenvalue weighted by atomic mass is 9.98. The van der Waals surface area contributed by atoms with Crippen molar-refractivity contribution in [1.29, 1.82) is 5.26 Å². The van der Waals surface area contributed by atoms with Crippen LogP contribution in [0.4, 0.5) is 0 Å². The summed E-state index contributed by atoms with van der Waals surface area (Å²) in [5, 5.41) is 20.3. The summed E-state index contributed by atoms with van der Waals surface area (Å²) in [7, 11) is 0. The van der Waals surface area contributed by atoms with E-state index < -0.39 is 23.8 Å². The Morgan fingerprint density at radius 3 is 2.63 bits per heavy atom. The van der Waals surface area contributed by atoms with Crippen molar-refractivity contribution in [3.05, 3.63) is 34.9 Å². The zero-order chi connectivity index (χ0) is 14.4. The van der Waals surface area contributed by atoms with Gasteiger partial charge in [-0.05, 0) is 12.1 Å². The lowest BCUT2D eigenvalue weighted by Crippen LogP contribution is -2.45. The molecule has 0 unspecified atom stereocenters. The summed E-state index contributed by atoms with van der Waals surface area (Å²) in [5.74, 6) is -2.24. The number of rotatable bonds is 5. The second-order valence-corrected chi connectivity index (χ2v) is 4.52. The van der Waals surface area contributed by atoms with Crippen molar-refractivity contribution in [2.24, 2.45) is 5.92 Å². The molecule has 6 heteroatoms. The number of hydrogen-bond acceptors (Lipinski definition) is 3. The third-order valence-electron chi connectivity index (χ3n) is 2.65. The first-order chi connectivity index (χ1) is 8.97. The van der Waals surface area contributed by atoms with Crippen LogP contribution in [0.1, 0.15) is 23.7 Å². The minimum atomic E-state index is -1.18. The van der Waals surface area contributed by atoms with E-state index in [-0.39, 0.29) is 17.0 Å². The molecule has 0 aromatic heterocycles. The number of carboxylic acid groups (broad SMARTS) is 1. The highest BCUT2D eigenvalue weighted by atomic mass is 35.5. The first-order valence-electron chi connectivity index (χ1n) is 5.62. The van der Waals surface area contributed by atoms with Crippen LogP contribution in [0.2, 0.25) is 5.02 Å². The van der Waals surface area contributed by atoms with Gasteiger partial charge in [-0.1, -0.05) is 30.7 Å². The normalized spacial score (nSPS) is 13.1. The summed E-state index contributed by atoms with van der Waals surface area (Å²) in [6, 6.07) is 7.12. The van der Waals surface area contributed by atoms with Gasteiger partial charge in [-0.15, -0.1) is 0 Å². The van der Waals surface area contributed by atoms with Crippen LogP contribution in [-0.2, 0) is 4.79 Å². The van der Waals surface area contributed by atoms with E-state index in [9.17, 15) is 9.59 Å². The molecular weight excluding hydrogens is 268 g/mol. The largest absolute Gasteiger partial charge is 0.480 e. The molecular formula is C13H13ClN2O3. The van der Waals surface area contributed by atoms with Crippen molar-refractivity contribution < 1.29 is 14.7 Å². The molecule has 0 aliphatic heterocycles. The van der Waals surface area contributed by atoms with Crippen LogP contribution < -0.4 is 5.32 Å². The molecule has 0 radical (unpaired) electrons. The molecule has 1 aromatic rings. The molecule has 0 bridgehead atoms. The lowest BCUT2D eigenvalue weighted by Gasteiger charge is -2.19. The molecule has 19 heavy (non-hydrogen) atoms. The van der Waals surface area contributed by atoms with Crippen molar-refractivity contribution >= 4 is 23.5 Å². The van der Waals surface area contributed by atoms with Crippen LogP contribution in [0.15, 0.2) is 24.3 Å². The zero-order valence-electron chi connectivity index (χ0n) is 10.3. The average Bonchev–Trinajstić information content (AvgIpc) is 2.36. The number of hydrogen-bond donors (Lipinski definition) is 2. The number of nitriles is 1. The number of benzene rings is 1. The molecule has 0 saturated heterocycles. The SMILES string of the molecule is C[C@H](CC#N)[C@H](NC(=O)c1ccccc1Cl)C(=O)O. The van der Waals surface area contributed by atoms with E-state index in [2.05, 4.69) is 5.32 Å². The van der Waals surface area contributed by atoms with Crippen molar-refractivity contribution in [2.45, 2.75) is 19.4 Å². The number of carbonyl (C=O) groups excluding carboxylic acids is 1.